The van der Waals surface area contributed by atoms with Gasteiger partial charge in [-0.05, 0) is 48.9 Å². The van der Waals surface area contributed by atoms with Crippen LogP contribution < -0.4 is 4.90 Å². The van der Waals surface area contributed by atoms with E-state index in [9.17, 15) is 18.0 Å². The fraction of sp³-hybridized carbons (Fsp3) is 0.333. The minimum Gasteiger partial charge on any atom is -0.379 e. The Hall–Kier alpha value is -3.83. The van der Waals surface area contributed by atoms with Gasteiger partial charge in [0.25, 0.3) is 5.91 Å². The van der Waals surface area contributed by atoms with E-state index in [1.54, 1.807) is 19.2 Å². The molecule has 1 amide bonds. The standard InChI is InChI=1S/C27H29F3N6O2/c1-18-15-20(25-32-17-21-16-22(27(28,29)30)6-7-23(21)33-25)5-8-24(18)34(4)26(37)19(2)36(31-3)10-9-35-11-13-38-14-12-35/h5-8,15-17H,2-3,9-14H2,1,4H3. The topological polar surface area (TPSA) is 74.2 Å². The van der Waals surface area contributed by atoms with Crippen LogP contribution in [0.5, 0.6) is 0 Å². The van der Waals surface area contributed by atoms with Crippen molar-refractivity contribution >= 4 is 29.2 Å². The van der Waals surface area contributed by atoms with E-state index in [2.05, 4.69) is 33.3 Å². The Labute approximate surface area is 219 Å². The highest BCUT2D eigenvalue weighted by Crippen LogP contribution is 2.32. The first kappa shape index (κ1) is 27.2. The molecule has 2 heterocycles. The first-order valence-electron chi connectivity index (χ1n) is 12.0. The number of benzene rings is 2. The summed E-state index contributed by atoms with van der Waals surface area (Å²) in [7, 11) is 1.66. The van der Waals surface area contributed by atoms with E-state index in [-0.39, 0.29) is 11.6 Å². The Balaban J connectivity index is 1.48. The number of rotatable bonds is 8. The smallest absolute Gasteiger partial charge is 0.379 e. The molecular formula is C27H29F3N6O2. The number of alkyl halides is 3. The van der Waals surface area contributed by atoms with Crippen molar-refractivity contribution in [1.29, 1.82) is 0 Å². The van der Waals surface area contributed by atoms with Crippen molar-refractivity contribution in [2.24, 2.45) is 5.10 Å². The summed E-state index contributed by atoms with van der Waals surface area (Å²) < 4.78 is 44.4. The summed E-state index contributed by atoms with van der Waals surface area (Å²) in [5, 5.41) is 5.79. The Morgan fingerprint density at radius 3 is 2.58 bits per heavy atom. The number of nitrogens with zero attached hydrogens (tertiary/aromatic N) is 6. The molecule has 2 aromatic carbocycles. The third kappa shape index (κ3) is 6.00. The minimum atomic E-state index is -4.43. The number of hydrogen-bond acceptors (Lipinski definition) is 7. The van der Waals surface area contributed by atoms with Crippen molar-refractivity contribution in [1.82, 2.24) is 19.9 Å². The molecule has 0 saturated carbocycles. The normalized spacial score (nSPS) is 14.3. The lowest BCUT2D eigenvalue weighted by molar-refractivity contribution is -0.137. The van der Waals surface area contributed by atoms with E-state index in [1.807, 2.05) is 13.0 Å². The predicted octanol–water partition coefficient (Wildman–Crippen LogP) is 4.35. The Kier molecular flexibility index (Phi) is 8.08. The van der Waals surface area contributed by atoms with Crippen LogP contribution in [0.15, 0.2) is 60.0 Å². The van der Waals surface area contributed by atoms with Gasteiger partial charge in [0, 0.05) is 56.2 Å². The molecule has 1 saturated heterocycles. The Morgan fingerprint density at radius 1 is 1.18 bits per heavy atom. The number of likely N-dealkylation sites (N-methyl/N-ethyl adjacent to an activating group) is 1. The van der Waals surface area contributed by atoms with Gasteiger partial charge >= 0.3 is 6.18 Å². The number of amides is 1. The number of ether oxygens (including phenoxy) is 1. The van der Waals surface area contributed by atoms with Crippen LogP contribution in [-0.4, -0.2) is 78.9 Å². The van der Waals surface area contributed by atoms with E-state index < -0.39 is 11.7 Å². The third-order valence-electron chi connectivity index (χ3n) is 6.49. The van der Waals surface area contributed by atoms with Crippen molar-refractivity contribution in [3.63, 3.8) is 0 Å². The summed E-state index contributed by atoms with van der Waals surface area (Å²) in [6.07, 6.45) is -3.06. The van der Waals surface area contributed by atoms with Crippen molar-refractivity contribution in [3.05, 3.63) is 66.0 Å². The number of hydrazone groups is 1. The third-order valence-corrected chi connectivity index (χ3v) is 6.49. The zero-order valence-corrected chi connectivity index (χ0v) is 21.3. The van der Waals surface area contributed by atoms with Gasteiger partial charge in [0.1, 0.15) is 5.70 Å². The number of anilines is 1. The van der Waals surface area contributed by atoms with Crippen molar-refractivity contribution in [2.45, 2.75) is 13.1 Å². The van der Waals surface area contributed by atoms with Gasteiger partial charge in [-0.3, -0.25) is 14.7 Å². The summed E-state index contributed by atoms with van der Waals surface area (Å²) in [6, 6.07) is 8.74. The van der Waals surface area contributed by atoms with E-state index >= 15 is 0 Å². The van der Waals surface area contributed by atoms with Crippen molar-refractivity contribution in [2.75, 3.05) is 51.3 Å². The lowest BCUT2D eigenvalue weighted by atomic mass is 10.1. The number of carbonyl (C=O) groups is 1. The maximum Gasteiger partial charge on any atom is 0.416 e. The van der Waals surface area contributed by atoms with Crippen LogP contribution in [0.2, 0.25) is 0 Å². The molecule has 4 rings (SSSR count). The van der Waals surface area contributed by atoms with Crippen LogP contribution in [0.1, 0.15) is 11.1 Å². The van der Waals surface area contributed by atoms with Crippen molar-refractivity contribution in [3.8, 4) is 11.4 Å². The number of fused-ring (bicyclic) bond motifs is 1. The molecular weight excluding hydrogens is 497 g/mol. The number of carbonyl (C=O) groups excluding carboxylic acids is 1. The first-order valence-corrected chi connectivity index (χ1v) is 12.0. The molecule has 200 valence electrons. The maximum absolute atomic E-state index is 13.2. The van der Waals surface area contributed by atoms with Crippen LogP contribution in [0.25, 0.3) is 22.3 Å². The van der Waals surface area contributed by atoms with E-state index in [0.717, 1.165) is 30.8 Å². The molecule has 0 spiro atoms. The maximum atomic E-state index is 13.2. The van der Waals surface area contributed by atoms with Gasteiger partial charge < -0.3 is 9.64 Å². The van der Waals surface area contributed by atoms with Crippen LogP contribution in [0.4, 0.5) is 18.9 Å². The Morgan fingerprint density at radius 2 is 1.92 bits per heavy atom. The number of hydrogen-bond donors (Lipinski definition) is 0. The molecule has 38 heavy (non-hydrogen) atoms. The summed E-state index contributed by atoms with van der Waals surface area (Å²) in [6.45, 7) is 13.6. The molecule has 1 aliphatic heterocycles. The summed E-state index contributed by atoms with van der Waals surface area (Å²) in [5.74, 6) is 0.0492. The molecule has 0 atom stereocenters. The van der Waals surface area contributed by atoms with Gasteiger partial charge in [-0.2, -0.15) is 18.3 Å². The van der Waals surface area contributed by atoms with Crippen LogP contribution in [0.3, 0.4) is 0 Å². The van der Waals surface area contributed by atoms with E-state index in [1.165, 1.54) is 22.2 Å². The minimum absolute atomic E-state index is 0.204. The number of aryl methyl sites for hydroxylation is 1. The zero-order chi connectivity index (χ0) is 27.4. The fourth-order valence-electron chi connectivity index (χ4n) is 4.29. The van der Waals surface area contributed by atoms with E-state index in [4.69, 9.17) is 4.74 Å². The Bertz CT molecular complexity index is 1350. The summed E-state index contributed by atoms with van der Waals surface area (Å²) in [4.78, 5) is 25.6. The molecule has 3 aromatic rings. The largest absolute Gasteiger partial charge is 0.416 e. The molecule has 0 radical (unpaired) electrons. The lowest BCUT2D eigenvalue weighted by Crippen LogP contribution is -2.42. The molecule has 11 heteroatoms. The second-order valence-electron chi connectivity index (χ2n) is 9.00. The summed E-state index contributed by atoms with van der Waals surface area (Å²) >= 11 is 0. The monoisotopic (exact) mass is 526 g/mol. The van der Waals surface area contributed by atoms with Crippen LogP contribution >= 0.6 is 0 Å². The van der Waals surface area contributed by atoms with Gasteiger partial charge in [0.05, 0.1) is 30.8 Å². The quantitative estimate of drug-likeness (QED) is 0.247. The lowest BCUT2D eigenvalue weighted by Gasteiger charge is -2.30. The zero-order valence-electron chi connectivity index (χ0n) is 21.3. The number of aromatic nitrogens is 2. The average molecular weight is 527 g/mol. The second kappa shape index (κ2) is 11.3. The van der Waals surface area contributed by atoms with Gasteiger partial charge in [-0.1, -0.05) is 6.58 Å². The summed E-state index contributed by atoms with van der Waals surface area (Å²) in [5.41, 5.74) is 1.98. The van der Waals surface area contributed by atoms with Gasteiger partial charge in [-0.15, -0.1) is 0 Å². The molecule has 1 aromatic heterocycles. The molecule has 0 bridgehead atoms. The van der Waals surface area contributed by atoms with Gasteiger partial charge in [0.15, 0.2) is 5.82 Å². The average Bonchev–Trinajstić information content (AvgIpc) is 2.91. The highest BCUT2D eigenvalue weighted by Gasteiger charge is 2.30. The molecule has 0 unspecified atom stereocenters. The first-order chi connectivity index (χ1) is 18.1. The molecule has 0 N–H and O–H groups in total. The second-order valence-corrected chi connectivity index (χ2v) is 9.00. The van der Waals surface area contributed by atoms with Crippen LogP contribution in [-0.2, 0) is 15.7 Å². The fourth-order valence-corrected chi connectivity index (χ4v) is 4.29. The van der Waals surface area contributed by atoms with Crippen molar-refractivity contribution < 1.29 is 22.7 Å². The highest BCUT2D eigenvalue weighted by molar-refractivity contribution is 6.04. The molecule has 1 fully saturated rings. The van der Waals surface area contributed by atoms with Gasteiger partial charge in [0.2, 0.25) is 0 Å². The highest BCUT2D eigenvalue weighted by atomic mass is 19.4. The molecule has 0 aliphatic carbocycles. The number of halogens is 3. The van der Waals surface area contributed by atoms with Crippen LogP contribution in [0, 0.1) is 6.92 Å². The SMILES string of the molecule is C=NN(CCN1CCOCC1)C(=C)C(=O)N(C)c1ccc(-c2ncc3cc(C(F)(F)F)ccc3n2)cc1C. The van der Waals surface area contributed by atoms with Gasteiger partial charge in [-0.25, -0.2) is 9.97 Å². The molecule has 1 aliphatic rings. The molecule has 8 nitrogen and oxygen atoms in total. The van der Waals surface area contributed by atoms with E-state index in [0.29, 0.717) is 54.3 Å². The number of morpholine rings is 1. The predicted molar refractivity (Wildman–Crippen MR) is 141 cm³/mol.